The summed E-state index contributed by atoms with van der Waals surface area (Å²) < 4.78 is 3.35. The summed E-state index contributed by atoms with van der Waals surface area (Å²) in [6, 6.07) is 4.28. The molecule has 2 heterocycles. The smallest absolute Gasteiger partial charge is 0.228 e. The standard InChI is InChI=1S/C15H19ClN4OS3/c1-3-13(21)20(10-4-5-10)14-17-19(15(22)24-14)9-18(2)8-11-6-7-12(16)23-11/h6-7,10H,3-5,8-9H2,1-2H3/p+1. The predicted molar refractivity (Wildman–Crippen MR) is 102 cm³/mol. The van der Waals surface area contributed by atoms with E-state index >= 15 is 0 Å². The van der Waals surface area contributed by atoms with Crippen LogP contribution in [0.25, 0.3) is 0 Å². The van der Waals surface area contributed by atoms with E-state index < -0.39 is 0 Å². The van der Waals surface area contributed by atoms with Gasteiger partial charge in [-0.15, -0.1) is 16.4 Å². The van der Waals surface area contributed by atoms with Crippen molar-refractivity contribution >= 4 is 57.5 Å². The summed E-state index contributed by atoms with van der Waals surface area (Å²) in [5, 5.41) is 5.36. The highest BCUT2D eigenvalue weighted by Crippen LogP contribution is 2.33. The summed E-state index contributed by atoms with van der Waals surface area (Å²) >= 11 is 14.5. The predicted octanol–water partition coefficient (Wildman–Crippen LogP) is 2.97. The number of carbonyl (C=O) groups excluding carboxylic acids is 1. The number of nitrogens with one attached hydrogen (secondary N) is 1. The molecule has 0 saturated heterocycles. The fourth-order valence-corrected chi connectivity index (χ4v) is 4.90. The summed E-state index contributed by atoms with van der Waals surface area (Å²) in [4.78, 5) is 16.6. The molecule has 1 fully saturated rings. The first-order valence-electron chi connectivity index (χ1n) is 7.93. The molecule has 0 aromatic carbocycles. The van der Waals surface area contributed by atoms with Crippen molar-refractivity contribution in [2.75, 3.05) is 11.9 Å². The third-order valence-electron chi connectivity index (χ3n) is 3.81. The van der Waals surface area contributed by atoms with E-state index in [0.29, 0.717) is 23.1 Å². The fraction of sp³-hybridized carbons (Fsp3) is 0.533. The second kappa shape index (κ2) is 7.61. The number of hydrogen-bond donors (Lipinski definition) is 1. The Labute approximate surface area is 159 Å². The van der Waals surface area contributed by atoms with E-state index in [1.54, 1.807) is 11.3 Å². The van der Waals surface area contributed by atoms with Crippen LogP contribution in [0.1, 0.15) is 31.1 Å². The first-order chi connectivity index (χ1) is 11.5. The zero-order valence-corrected chi connectivity index (χ0v) is 16.8. The van der Waals surface area contributed by atoms with Crippen LogP contribution in [0, 0.1) is 3.95 Å². The summed E-state index contributed by atoms with van der Waals surface area (Å²) in [6.07, 6.45) is 2.61. The molecule has 0 aliphatic heterocycles. The number of rotatable bonds is 7. The van der Waals surface area contributed by atoms with Crippen molar-refractivity contribution in [3.63, 3.8) is 0 Å². The number of amides is 1. The third kappa shape index (κ3) is 4.23. The van der Waals surface area contributed by atoms with Crippen LogP contribution < -0.4 is 9.80 Å². The van der Waals surface area contributed by atoms with Crippen molar-refractivity contribution < 1.29 is 9.69 Å². The van der Waals surface area contributed by atoms with Crippen LogP contribution in [0.5, 0.6) is 0 Å². The van der Waals surface area contributed by atoms with Gasteiger partial charge in [0.25, 0.3) is 0 Å². The first-order valence-corrected chi connectivity index (χ1v) is 10.4. The lowest BCUT2D eigenvalue weighted by molar-refractivity contribution is -0.917. The van der Waals surface area contributed by atoms with Crippen molar-refractivity contribution in [2.24, 2.45) is 0 Å². The fourth-order valence-electron chi connectivity index (χ4n) is 2.52. The molecule has 24 heavy (non-hydrogen) atoms. The molecule has 2 aromatic rings. The Hall–Kier alpha value is -0.800. The minimum Gasteiger partial charge on any atom is -0.314 e. The molecule has 1 saturated carbocycles. The van der Waals surface area contributed by atoms with Gasteiger partial charge in [0, 0.05) is 12.5 Å². The number of thiophene rings is 1. The van der Waals surface area contributed by atoms with Crippen molar-refractivity contribution in [3.8, 4) is 0 Å². The summed E-state index contributed by atoms with van der Waals surface area (Å²) in [5.74, 6) is 0.127. The van der Waals surface area contributed by atoms with Gasteiger partial charge in [-0.2, -0.15) is 4.68 Å². The lowest BCUT2D eigenvalue weighted by Crippen LogP contribution is -3.06. The molecule has 1 aliphatic rings. The Morgan fingerprint density at radius 1 is 1.50 bits per heavy atom. The average Bonchev–Trinajstić information content (AvgIpc) is 3.19. The molecule has 0 bridgehead atoms. The molecule has 0 spiro atoms. The van der Waals surface area contributed by atoms with Crippen LogP contribution in [-0.2, 0) is 18.0 Å². The van der Waals surface area contributed by atoms with Crippen molar-refractivity contribution in [1.29, 1.82) is 0 Å². The second-order valence-electron chi connectivity index (χ2n) is 6.00. The van der Waals surface area contributed by atoms with Gasteiger partial charge in [0.15, 0.2) is 10.6 Å². The first kappa shape index (κ1) is 18.0. The lowest BCUT2D eigenvalue weighted by atomic mass is 10.4. The zero-order valence-electron chi connectivity index (χ0n) is 13.6. The van der Waals surface area contributed by atoms with Crippen molar-refractivity contribution in [3.05, 3.63) is 25.3 Å². The maximum absolute atomic E-state index is 12.2. The Kier molecular flexibility index (Phi) is 5.71. The molecule has 1 atom stereocenters. The van der Waals surface area contributed by atoms with Gasteiger partial charge < -0.3 is 4.90 Å². The van der Waals surface area contributed by atoms with Gasteiger partial charge in [-0.3, -0.25) is 9.69 Å². The maximum atomic E-state index is 12.2. The van der Waals surface area contributed by atoms with E-state index in [0.717, 1.165) is 28.9 Å². The van der Waals surface area contributed by atoms with Crippen LogP contribution in [0.15, 0.2) is 12.1 Å². The Morgan fingerprint density at radius 3 is 2.83 bits per heavy atom. The van der Waals surface area contributed by atoms with Gasteiger partial charge in [-0.1, -0.05) is 29.9 Å². The minimum atomic E-state index is 0.127. The molecule has 130 valence electrons. The van der Waals surface area contributed by atoms with Crippen LogP contribution >= 0.6 is 46.5 Å². The highest BCUT2D eigenvalue weighted by Gasteiger charge is 2.35. The number of aromatic nitrogens is 2. The van der Waals surface area contributed by atoms with Crippen LogP contribution in [0.4, 0.5) is 5.13 Å². The highest BCUT2D eigenvalue weighted by atomic mass is 35.5. The van der Waals surface area contributed by atoms with E-state index in [4.69, 9.17) is 23.8 Å². The van der Waals surface area contributed by atoms with Gasteiger partial charge in [0.1, 0.15) is 6.54 Å². The topological polar surface area (TPSA) is 42.6 Å². The summed E-state index contributed by atoms with van der Waals surface area (Å²) in [6.45, 7) is 3.42. The van der Waals surface area contributed by atoms with Crippen LogP contribution in [0.2, 0.25) is 4.34 Å². The molecule has 1 amide bonds. The molecule has 3 rings (SSSR count). The van der Waals surface area contributed by atoms with E-state index in [-0.39, 0.29) is 5.91 Å². The average molecular weight is 404 g/mol. The van der Waals surface area contributed by atoms with Gasteiger partial charge in [-0.05, 0) is 37.2 Å². The van der Waals surface area contributed by atoms with Gasteiger partial charge in [0.05, 0.1) is 16.3 Å². The summed E-state index contributed by atoms with van der Waals surface area (Å²) in [5.41, 5.74) is 0. The Bertz CT molecular complexity index is 780. The number of anilines is 1. The number of nitrogens with zero attached hydrogens (tertiary/aromatic N) is 3. The molecular weight excluding hydrogens is 384 g/mol. The zero-order chi connectivity index (χ0) is 17.3. The molecule has 1 N–H and O–H groups in total. The lowest BCUT2D eigenvalue weighted by Gasteiger charge is -2.18. The number of halogens is 1. The summed E-state index contributed by atoms with van der Waals surface area (Å²) in [7, 11) is 2.10. The second-order valence-corrected chi connectivity index (χ2v) is 9.40. The molecule has 2 aromatic heterocycles. The van der Waals surface area contributed by atoms with Crippen molar-refractivity contribution in [2.45, 2.75) is 45.4 Å². The molecule has 1 unspecified atom stereocenters. The largest absolute Gasteiger partial charge is 0.314 e. The molecule has 9 heteroatoms. The van der Waals surface area contributed by atoms with E-state index in [1.807, 2.05) is 22.6 Å². The molecule has 0 radical (unpaired) electrons. The van der Waals surface area contributed by atoms with Gasteiger partial charge >= 0.3 is 0 Å². The van der Waals surface area contributed by atoms with E-state index in [1.165, 1.54) is 21.1 Å². The van der Waals surface area contributed by atoms with Crippen LogP contribution in [-0.4, -0.2) is 28.8 Å². The monoisotopic (exact) mass is 403 g/mol. The SMILES string of the molecule is CCC(=O)N(c1nn(C[NH+](C)Cc2ccc(Cl)s2)c(=S)s1)C1CC1. The number of carbonyl (C=O) groups is 1. The minimum absolute atomic E-state index is 0.127. The quantitative estimate of drug-likeness (QED) is 0.722. The van der Waals surface area contributed by atoms with Crippen molar-refractivity contribution in [1.82, 2.24) is 9.78 Å². The van der Waals surface area contributed by atoms with E-state index in [2.05, 4.69) is 18.2 Å². The van der Waals surface area contributed by atoms with E-state index in [9.17, 15) is 4.79 Å². The maximum Gasteiger partial charge on any atom is 0.228 e. The Morgan fingerprint density at radius 2 is 2.25 bits per heavy atom. The van der Waals surface area contributed by atoms with Gasteiger partial charge in [-0.25, -0.2) is 0 Å². The molecule has 5 nitrogen and oxygen atoms in total. The number of quaternary nitrogens is 1. The van der Waals surface area contributed by atoms with Crippen LogP contribution in [0.3, 0.4) is 0 Å². The Balaban J connectivity index is 1.71. The highest BCUT2D eigenvalue weighted by molar-refractivity contribution is 7.73. The molecule has 1 aliphatic carbocycles. The third-order valence-corrected chi connectivity index (χ3v) is 6.35. The normalized spacial score (nSPS) is 15.5. The number of hydrogen-bond acceptors (Lipinski definition) is 5. The molecular formula is C15H20ClN4OS3+. The van der Waals surface area contributed by atoms with Gasteiger partial charge in [0.2, 0.25) is 11.0 Å².